The van der Waals surface area contributed by atoms with Crippen molar-refractivity contribution in [1.82, 2.24) is 14.8 Å². The maximum atomic E-state index is 13.0. The van der Waals surface area contributed by atoms with Gasteiger partial charge in [-0.15, -0.1) is 0 Å². The molecule has 5 rings (SSSR count). The van der Waals surface area contributed by atoms with Gasteiger partial charge in [-0.2, -0.15) is 13.2 Å². The monoisotopic (exact) mass is 561 g/mol. The van der Waals surface area contributed by atoms with Crippen molar-refractivity contribution in [3.63, 3.8) is 0 Å². The van der Waals surface area contributed by atoms with E-state index in [1.165, 1.54) is 11.6 Å². The Morgan fingerprint density at radius 3 is 2.59 bits per heavy atom. The molecule has 214 valence electrons. The number of likely N-dealkylation sites (tertiary alicyclic amines) is 1. The first kappa shape index (κ1) is 28.6. The number of rotatable bonds is 9. The van der Waals surface area contributed by atoms with Gasteiger partial charge < -0.3 is 9.64 Å². The first-order valence-electron chi connectivity index (χ1n) is 13.9. The Labute approximate surface area is 238 Å². The fraction of sp³-hybridized carbons (Fsp3) is 0.333. The highest BCUT2D eigenvalue weighted by molar-refractivity contribution is 5.79. The van der Waals surface area contributed by atoms with E-state index >= 15 is 0 Å². The Kier molecular flexibility index (Phi) is 8.88. The van der Waals surface area contributed by atoms with E-state index in [-0.39, 0.29) is 18.2 Å². The smallest absolute Gasteiger partial charge is 0.416 e. The summed E-state index contributed by atoms with van der Waals surface area (Å²) in [6, 6.07) is 23.5. The molecule has 1 aromatic heterocycles. The van der Waals surface area contributed by atoms with Crippen LogP contribution in [0.4, 0.5) is 13.2 Å². The molecule has 0 aliphatic carbocycles. The molecule has 8 heteroatoms. The van der Waals surface area contributed by atoms with Gasteiger partial charge >= 0.3 is 6.18 Å². The number of alkyl halides is 3. The zero-order chi connectivity index (χ0) is 28.8. The highest BCUT2D eigenvalue weighted by atomic mass is 19.4. The number of ether oxygens (including phenoxy) is 1. The highest BCUT2D eigenvalue weighted by Crippen LogP contribution is 2.30. The summed E-state index contributed by atoms with van der Waals surface area (Å²) in [6.45, 7) is 3.22. The molecule has 3 aromatic carbocycles. The molecule has 0 spiro atoms. The minimum absolute atomic E-state index is 0.0385. The second kappa shape index (κ2) is 12.7. The Morgan fingerprint density at radius 2 is 1.76 bits per heavy atom. The quantitative estimate of drug-likeness (QED) is 0.227. The lowest BCUT2D eigenvalue weighted by Gasteiger charge is -2.33. The lowest BCUT2D eigenvalue weighted by atomic mass is 9.98. The lowest BCUT2D eigenvalue weighted by Crippen LogP contribution is -2.42. The topological polar surface area (TPSA) is 45.7 Å². The number of benzene rings is 3. The van der Waals surface area contributed by atoms with Crippen molar-refractivity contribution in [3.8, 4) is 5.75 Å². The first-order chi connectivity index (χ1) is 19.7. The summed E-state index contributed by atoms with van der Waals surface area (Å²) in [4.78, 5) is 21.3. The molecule has 0 N–H and O–H groups in total. The number of carbonyl (C=O) groups excluding carboxylic acids is 1. The van der Waals surface area contributed by atoms with Gasteiger partial charge in [0.2, 0.25) is 5.91 Å². The molecule has 0 bridgehead atoms. The van der Waals surface area contributed by atoms with Crippen LogP contribution in [-0.2, 0) is 30.5 Å². The molecule has 1 unspecified atom stereocenters. The van der Waals surface area contributed by atoms with Gasteiger partial charge in [0.25, 0.3) is 0 Å². The predicted molar refractivity (Wildman–Crippen MR) is 153 cm³/mol. The summed E-state index contributed by atoms with van der Waals surface area (Å²) in [5.41, 5.74) is 3.01. The van der Waals surface area contributed by atoms with E-state index in [1.54, 1.807) is 17.2 Å². The average Bonchev–Trinajstić information content (AvgIpc) is 2.96. The summed E-state index contributed by atoms with van der Waals surface area (Å²) >= 11 is 0. The second-order valence-corrected chi connectivity index (χ2v) is 10.9. The van der Waals surface area contributed by atoms with Crippen LogP contribution in [0.3, 0.4) is 0 Å². The summed E-state index contributed by atoms with van der Waals surface area (Å²) in [5, 5.41) is 1.13. The number of carbonyl (C=O) groups is 1. The molecule has 1 atom stereocenters. The van der Waals surface area contributed by atoms with Crippen molar-refractivity contribution in [2.45, 2.75) is 38.5 Å². The number of pyridine rings is 1. The fourth-order valence-corrected chi connectivity index (χ4v) is 5.42. The normalized spacial score (nSPS) is 15.8. The van der Waals surface area contributed by atoms with Crippen molar-refractivity contribution < 1.29 is 22.7 Å². The molecule has 5 nitrogen and oxygen atoms in total. The van der Waals surface area contributed by atoms with E-state index < -0.39 is 11.7 Å². The summed E-state index contributed by atoms with van der Waals surface area (Å²) in [5.74, 6) is 0.810. The van der Waals surface area contributed by atoms with Crippen LogP contribution in [0.15, 0.2) is 85.1 Å². The maximum absolute atomic E-state index is 13.0. The molecule has 41 heavy (non-hydrogen) atoms. The highest BCUT2D eigenvalue weighted by Gasteiger charge is 2.31. The third-order valence-corrected chi connectivity index (χ3v) is 7.44. The van der Waals surface area contributed by atoms with Crippen molar-refractivity contribution >= 4 is 16.8 Å². The summed E-state index contributed by atoms with van der Waals surface area (Å²) in [7, 11) is 2.09. The average molecular weight is 562 g/mol. The van der Waals surface area contributed by atoms with Gasteiger partial charge in [-0.05, 0) is 73.0 Å². The Bertz CT molecular complexity index is 1490. The third-order valence-electron chi connectivity index (χ3n) is 7.44. The maximum Gasteiger partial charge on any atom is 0.416 e. The van der Waals surface area contributed by atoms with Crippen molar-refractivity contribution in [3.05, 3.63) is 107 Å². The number of piperidine rings is 1. The Hall–Kier alpha value is -3.91. The Morgan fingerprint density at radius 1 is 0.976 bits per heavy atom. The zero-order valence-electron chi connectivity index (χ0n) is 23.1. The van der Waals surface area contributed by atoms with Gasteiger partial charge in [-0.3, -0.25) is 14.7 Å². The van der Waals surface area contributed by atoms with Gasteiger partial charge in [0.15, 0.2) is 0 Å². The van der Waals surface area contributed by atoms with E-state index in [2.05, 4.69) is 53.3 Å². The molecular weight excluding hydrogens is 527 g/mol. The van der Waals surface area contributed by atoms with Crippen LogP contribution in [0.25, 0.3) is 10.9 Å². The summed E-state index contributed by atoms with van der Waals surface area (Å²) < 4.78 is 45.3. The van der Waals surface area contributed by atoms with Crippen molar-refractivity contribution in [2.24, 2.45) is 5.92 Å². The molecule has 0 saturated carbocycles. The van der Waals surface area contributed by atoms with E-state index in [9.17, 15) is 18.0 Å². The third kappa shape index (κ3) is 7.85. The van der Waals surface area contributed by atoms with Gasteiger partial charge in [0, 0.05) is 43.7 Å². The molecular formula is C33H34F3N3O2. The van der Waals surface area contributed by atoms with Gasteiger partial charge in [0.05, 0.1) is 24.1 Å². The van der Waals surface area contributed by atoms with Gasteiger partial charge in [-0.25, -0.2) is 0 Å². The molecule has 0 radical (unpaired) electrons. The van der Waals surface area contributed by atoms with Crippen molar-refractivity contribution in [1.29, 1.82) is 0 Å². The largest absolute Gasteiger partial charge is 0.493 e. The van der Waals surface area contributed by atoms with Crippen LogP contribution in [0.5, 0.6) is 5.75 Å². The first-order valence-corrected chi connectivity index (χ1v) is 13.9. The van der Waals surface area contributed by atoms with E-state index in [4.69, 9.17) is 4.74 Å². The Balaban J connectivity index is 1.12. The number of fused-ring (bicyclic) bond motifs is 1. The molecule has 1 amide bonds. The number of hydrogen-bond donors (Lipinski definition) is 0. The van der Waals surface area contributed by atoms with Crippen LogP contribution in [0.1, 0.15) is 35.1 Å². The number of nitrogens with zero attached hydrogens (tertiary/aromatic N) is 3. The molecule has 1 fully saturated rings. The zero-order valence-corrected chi connectivity index (χ0v) is 23.1. The predicted octanol–water partition coefficient (Wildman–Crippen LogP) is 6.75. The molecule has 4 aromatic rings. The number of aromatic nitrogens is 1. The van der Waals surface area contributed by atoms with Crippen LogP contribution < -0.4 is 4.74 Å². The number of halogens is 3. The lowest BCUT2D eigenvalue weighted by molar-refractivity contribution is -0.138. The van der Waals surface area contributed by atoms with E-state index in [0.29, 0.717) is 25.3 Å². The number of amides is 1. The second-order valence-electron chi connectivity index (χ2n) is 10.9. The minimum Gasteiger partial charge on any atom is -0.493 e. The molecule has 1 saturated heterocycles. The van der Waals surface area contributed by atoms with Crippen LogP contribution in [0, 0.1) is 5.92 Å². The number of hydrogen-bond acceptors (Lipinski definition) is 4. The van der Waals surface area contributed by atoms with Gasteiger partial charge in [0.1, 0.15) is 5.75 Å². The molecule has 2 heterocycles. The van der Waals surface area contributed by atoms with E-state index in [0.717, 1.165) is 60.3 Å². The minimum atomic E-state index is -4.42. The summed E-state index contributed by atoms with van der Waals surface area (Å²) in [6.07, 6.45) is -0.871. The molecule has 1 aliphatic heterocycles. The molecule has 1 aliphatic rings. The van der Waals surface area contributed by atoms with Crippen molar-refractivity contribution in [2.75, 3.05) is 26.7 Å². The fourth-order valence-electron chi connectivity index (χ4n) is 5.42. The van der Waals surface area contributed by atoms with Crippen LogP contribution >= 0.6 is 0 Å². The standard InChI is InChI=1S/C33H34F3N3O2/c1-38(21-26-12-13-31-28(16-26)9-4-14-37-31)20-25-7-3-11-30(18-25)41-23-27-8-5-15-39(22-27)32(40)19-24-6-2-10-29(17-24)33(34,35)36/h2-4,6-7,9-14,16-18,27H,5,8,15,19-23H2,1H3. The van der Waals surface area contributed by atoms with E-state index in [1.807, 2.05) is 18.2 Å². The van der Waals surface area contributed by atoms with Crippen LogP contribution in [0.2, 0.25) is 0 Å². The van der Waals surface area contributed by atoms with Gasteiger partial charge in [-0.1, -0.05) is 42.5 Å². The van der Waals surface area contributed by atoms with Crippen LogP contribution in [-0.4, -0.2) is 47.4 Å². The SMILES string of the molecule is CN(Cc1cccc(OCC2CCCN(C(=O)Cc3cccc(C(F)(F)F)c3)C2)c1)Cc1ccc2ncccc2c1.